The maximum absolute atomic E-state index is 12.0. The summed E-state index contributed by atoms with van der Waals surface area (Å²) in [4.78, 5) is 32.3. The Hall–Kier alpha value is -2.35. The van der Waals surface area contributed by atoms with E-state index >= 15 is 0 Å². The Labute approximate surface area is 249 Å². The van der Waals surface area contributed by atoms with E-state index in [1.54, 1.807) is 13.0 Å². The molecule has 2 rings (SSSR count). The zero-order valence-corrected chi connectivity index (χ0v) is 26.3. The molecule has 1 aliphatic heterocycles. The average molecular weight is 569 g/mol. The smallest absolute Gasteiger partial charge is 0.175 e. The Bertz CT molecular complexity index is 946. The van der Waals surface area contributed by atoms with Gasteiger partial charge in [0, 0.05) is 33.2 Å². The number of ketones is 1. The molecule has 1 N–H and O–H groups in total. The van der Waals surface area contributed by atoms with Gasteiger partial charge in [0.2, 0.25) is 0 Å². The molecule has 230 valence electrons. The number of rotatable bonds is 24. The number of hydrogen-bond donors (Lipinski definition) is 1. The third-order valence-electron chi connectivity index (χ3n) is 7.53. The van der Waals surface area contributed by atoms with Gasteiger partial charge >= 0.3 is 0 Å². The molecule has 1 aromatic heterocycles. The highest BCUT2D eigenvalue weighted by atomic mass is 16.5. The third-order valence-corrected chi connectivity index (χ3v) is 7.53. The van der Waals surface area contributed by atoms with E-state index in [2.05, 4.69) is 46.9 Å². The summed E-state index contributed by atoms with van der Waals surface area (Å²) in [5, 5.41) is 3.45. The van der Waals surface area contributed by atoms with Gasteiger partial charge in [0.1, 0.15) is 5.69 Å². The van der Waals surface area contributed by atoms with Gasteiger partial charge in [-0.15, -0.1) is 0 Å². The number of nitrogens with zero attached hydrogens (tertiary/aromatic N) is 3. The molecule has 7 nitrogen and oxygen atoms in total. The second kappa shape index (κ2) is 21.4. The number of allylic oxidation sites excluding steroid dienone is 3. The molecule has 0 bridgehead atoms. The number of carbonyl (C=O) groups excluding carboxylic acids is 2. The van der Waals surface area contributed by atoms with Crippen molar-refractivity contribution >= 4 is 12.1 Å². The van der Waals surface area contributed by atoms with Gasteiger partial charge in [-0.05, 0) is 76.9 Å². The van der Waals surface area contributed by atoms with Gasteiger partial charge in [0.15, 0.2) is 12.1 Å². The number of aromatic nitrogens is 1. The largest absolute Gasteiger partial charge is 0.380 e. The lowest BCUT2D eigenvalue weighted by molar-refractivity contribution is -0.114. The van der Waals surface area contributed by atoms with Crippen LogP contribution in [0, 0.1) is 0 Å². The summed E-state index contributed by atoms with van der Waals surface area (Å²) in [7, 11) is 0. The molecule has 0 fully saturated rings. The molecule has 0 amide bonds. The van der Waals surface area contributed by atoms with Gasteiger partial charge in [0.05, 0.1) is 24.0 Å². The highest BCUT2D eigenvalue weighted by molar-refractivity contribution is 5.93. The van der Waals surface area contributed by atoms with Crippen molar-refractivity contribution in [3.8, 4) is 0 Å². The van der Waals surface area contributed by atoms with Crippen LogP contribution in [0.3, 0.4) is 0 Å². The molecule has 1 aliphatic rings. The minimum atomic E-state index is 0.103. The molecule has 1 atom stereocenters. The van der Waals surface area contributed by atoms with E-state index in [-0.39, 0.29) is 11.8 Å². The molecule has 0 radical (unpaired) electrons. The van der Waals surface area contributed by atoms with Crippen molar-refractivity contribution in [1.82, 2.24) is 20.1 Å². The Kier molecular flexibility index (Phi) is 18.2. The summed E-state index contributed by atoms with van der Waals surface area (Å²) >= 11 is 0. The molecule has 0 saturated carbocycles. The van der Waals surface area contributed by atoms with Gasteiger partial charge in [-0.1, -0.05) is 63.7 Å². The lowest BCUT2D eigenvalue weighted by Crippen LogP contribution is -2.42. The number of dihydropyridines is 1. The first-order chi connectivity index (χ1) is 19.9. The van der Waals surface area contributed by atoms with E-state index < -0.39 is 0 Å². The van der Waals surface area contributed by atoms with Crippen molar-refractivity contribution in [3.63, 3.8) is 0 Å². The van der Waals surface area contributed by atoms with Crippen LogP contribution in [0.15, 0.2) is 41.6 Å². The van der Waals surface area contributed by atoms with Crippen LogP contribution >= 0.6 is 0 Å². The number of Topliss-reactive ketones (excluding diaryl/α,β-unsaturated/α-hetero) is 1. The van der Waals surface area contributed by atoms with Crippen LogP contribution < -0.4 is 5.32 Å². The molecule has 0 saturated heterocycles. The molecule has 0 spiro atoms. The standard InChI is InChI=1S/C34H56N4O3/c1-5-7-8-9-10-12-19-38(27-33-24-29(3)25-34(36-33)30(4)40)20-13-11-14-22-41-23-21-37(18-6-2)26-31-16-15-17-32(28-39)35-31/h15-17,24-25,28,33,36H,5-14,18-23,26-27H2,1-4H3. The number of pyridine rings is 1. The van der Waals surface area contributed by atoms with Crippen molar-refractivity contribution in [2.24, 2.45) is 0 Å². The van der Waals surface area contributed by atoms with Gasteiger partial charge in [-0.3, -0.25) is 14.5 Å². The van der Waals surface area contributed by atoms with Crippen LogP contribution in [0.1, 0.15) is 108 Å². The van der Waals surface area contributed by atoms with E-state index in [0.29, 0.717) is 12.3 Å². The first-order valence-electron chi connectivity index (χ1n) is 16.1. The average Bonchev–Trinajstić information content (AvgIpc) is 2.95. The predicted molar refractivity (Wildman–Crippen MR) is 169 cm³/mol. The molecule has 0 aliphatic carbocycles. The number of hydrogen-bond acceptors (Lipinski definition) is 7. The van der Waals surface area contributed by atoms with Crippen LogP contribution in [-0.2, 0) is 16.1 Å². The Morgan fingerprint density at radius 2 is 1.66 bits per heavy atom. The first-order valence-corrected chi connectivity index (χ1v) is 16.1. The van der Waals surface area contributed by atoms with Gasteiger partial charge in [-0.2, -0.15) is 0 Å². The summed E-state index contributed by atoms with van der Waals surface area (Å²) in [5.41, 5.74) is 3.31. The maximum Gasteiger partial charge on any atom is 0.175 e. The van der Waals surface area contributed by atoms with Crippen molar-refractivity contribution in [3.05, 3.63) is 53.0 Å². The van der Waals surface area contributed by atoms with E-state index in [0.717, 1.165) is 89.2 Å². The minimum absolute atomic E-state index is 0.103. The maximum atomic E-state index is 12.0. The normalized spacial score (nSPS) is 15.1. The Balaban J connectivity index is 1.70. The summed E-state index contributed by atoms with van der Waals surface area (Å²) in [6.07, 6.45) is 17.3. The Morgan fingerprint density at radius 1 is 0.927 bits per heavy atom. The number of aldehydes is 1. The topological polar surface area (TPSA) is 74.8 Å². The zero-order valence-electron chi connectivity index (χ0n) is 26.3. The minimum Gasteiger partial charge on any atom is -0.380 e. The second-order valence-electron chi connectivity index (χ2n) is 11.5. The zero-order chi connectivity index (χ0) is 29.7. The fourth-order valence-corrected chi connectivity index (χ4v) is 5.35. The molecule has 0 aromatic carbocycles. The summed E-state index contributed by atoms with van der Waals surface area (Å²) in [6, 6.07) is 5.80. The van der Waals surface area contributed by atoms with Crippen LogP contribution in [0.2, 0.25) is 0 Å². The fourth-order valence-electron chi connectivity index (χ4n) is 5.35. The number of carbonyl (C=O) groups is 2. The highest BCUT2D eigenvalue weighted by Gasteiger charge is 2.18. The molecular weight excluding hydrogens is 512 g/mol. The monoisotopic (exact) mass is 568 g/mol. The third kappa shape index (κ3) is 15.5. The van der Waals surface area contributed by atoms with Gasteiger partial charge < -0.3 is 15.0 Å². The molecule has 2 heterocycles. The van der Waals surface area contributed by atoms with Crippen molar-refractivity contribution in [1.29, 1.82) is 0 Å². The second-order valence-corrected chi connectivity index (χ2v) is 11.5. The van der Waals surface area contributed by atoms with E-state index in [4.69, 9.17) is 4.74 Å². The lowest BCUT2D eigenvalue weighted by Gasteiger charge is -2.29. The van der Waals surface area contributed by atoms with Gasteiger partial charge in [0.25, 0.3) is 0 Å². The van der Waals surface area contributed by atoms with E-state index in [1.165, 1.54) is 44.1 Å². The molecular formula is C34H56N4O3. The van der Waals surface area contributed by atoms with Crippen molar-refractivity contribution < 1.29 is 14.3 Å². The summed E-state index contributed by atoms with van der Waals surface area (Å²) in [5.74, 6) is 0.103. The van der Waals surface area contributed by atoms with E-state index in [1.807, 2.05) is 18.2 Å². The summed E-state index contributed by atoms with van der Waals surface area (Å²) in [6.45, 7) is 15.4. The van der Waals surface area contributed by atoms with Crippen molar-refractivity contribution in [2.45, 2.75) is 104 Å². The number of unbranched alkanes of at least 4 members (excludes halogenated alkanes) is 7. The number of ether oxygens (including phenoxy) is 1. The van der Waals surface area contributed by atoms with Gasteiger partial charge in [-0.25, -0.2) is 4.98 Å². The van der Waals surface area contributed by atoms with Crippen LogP contribution in [0.5, 0.6) is 0 Å². The van der Waals surface area contributed by atoms with Crippen LogP contribution in [0.25, 0.3) is 0 Å². The van der Waals surface area contributed by atoms with Crippen LogP contribution in [0.4, 0.5) is 0 Å². The van der Waals surface area contributed by atoms with E-state index in [9.17, 15) is 9.59 Å². The Morgan fingerprint density at radius 3 is 2.37 bits per heavy atom. The SMILES string of the molecule is CCCCCCCCN(CCCCCOCCN(CCC)Cc1cccc(C=O)n1)CC1C=C(C)C=C(C(C)=O)N1. The molecule has 7 heteroatoms. The fraction of sp³-hybridized carbons (Fsp3) is 0.676. The number of nitrogens with one attached hydrogen (secondary N) is 1. The lowest BCUT2D eigenvalue weighted by atomic mass is 10.0. The highest BCUT2D eigenvalue weighted by Crippen LogP contribution is 2.14. The molecule has 1 unspecified atom stereocenters. The summed E-state index contributed by atoms with van der Waals surface area (Å²) < 4.78 is 5.99. The first kappa shape index (κ1) is 34.8. The van der Waals surface area contributed by atoms with Crippen molar-refractivity contribution in [2.75, 3.05) is 45.9 Å². The quantitative estimate of drug-likeness (QED) is 0.115. The molecule has 1 aromatic rings. The van der Waals surface area contributed by atoms with Crippen LogP contribution in [-0.4, -0.2) is 78.8 Å². The molecule has 41 heavy (non-hydrogen) atoms. The predicted octanol–water partition coefficient (Wildman–Crippen LogP) is 6.35.